The Hall–Kier alpha value is -3.24. The van der Waals surface area contributed by atoms with Gasteiger partial charge in [0.25, 0.3) is 0 Å². The second-order valence-electron chi connectivity index (χ2n) is 7.37. The Morgan fingerprint density at radius 3 is 2.53 bits per heavy atom. The molecule has 172 valence electrons. The molecule has 1 aromatic heterocycles. The highest BCUT2D eigenvalue weighted by Crippen LogP contribution is 2.21. The van der Waals surface area contributed by atoms with E-state index >= 15 is 0 Å². The maximum Gasteiger partial charge on any atom is 0.409 e. The van der Waals surface area contributed by atoms with Gasteiger partial charge in [-0.3, -0.25) is 9.88 Å². The molecule has 0 saturated carbocycles. The molecule has 1 saturated heterocycles. The number of hydrogen-bond donors (Lipinski definition) is 2. The number of nitrogens with one attached hydrogen (secondary N) is 2. The predicted octanol–water partition coefficient (Wildman–Crippen LogP) is 2.94. The number of rotatable bonds is 7. The van der Waals surface area contributed by atoms with Crippen LogP contribution in [0.1, 0.15) is 11.3 Å². The molecule has 0 atom stereocenters. The maximum atomic E-state index is 15.0. The number of pyridine rings is 1. The first-order valence-electron chi connectivity index (χ1n) is 10.3. The number of urea groups is 1. The van der Waals surface area contributed by atoms with E-state index in [0.29, 0.717) is 57.0 Å². The number of anilines is 2. The number of carbonyl (C=O) groups is 2. The maximum absolute atomic E-state index is 15.0. The second-order valence-corrected chi connectivity index (χ2v) is 7.37. The van der Waals surface area contributed by atoms with Gasteiger partial charge < -0.3 is 25.0 Å². The molecule has 1 aliphatic heterocycles. The van der Waals surface area contributed by atoms with E-state index in [-0.39, 0.29) is 11.8 Å². The number of aromatic nitrogens is 1. The van der Waals surface area contributed by atoms with Gasteiger partial charge in [-0.05, 0) is 18.2 Å². The summed E-state index contributed by atoms with van der Waals surface area (Å²) in [4.78, 5) is 31.9. The summed E-state index contributed by atoms with van der Waals surface area (Å²) in [5.41, 5.74) is 1.92. The number of halogens is 1. The first kappa shape index (κ1) is 23.4. The van der Waals surface area contributed by atoms with E-state index in [2.05, 4.69) is 20.5 Å². The number of benzene rings is 1. The first-order valence-corrected chi connectivity index (χ1v) is 10.3. The van der Waals surface area contributed by atoms with Crippen LogP contribution in [0.2, 0.25) is 0 Å². The highest BCUT2D eigenvalue weighted by atomic mass is 19.1. The van der Waals surface area contributed by atoms with Gasteiger partial charge in [0, 0.05) is 57.5 Å². The zero-order valence-electron chi connectivity index (χ0n) is 18.3. The van der Waals surface area contributed by atoms with Crippen molar-refractivity contribution in [2.24, 2.45) is 0 Å². The molecule has 0 bridgehead atoms. The average Bonchev–Trinajstić information content (AvgIpc) is 2.81. The van der Waals surface area contributed by atoms with Crippen LogP contribution in [-0.2, 0) is 22.4 Å². The number of carbonyl (C=O) groups excluding carboxylic acids is 2. The topological polar surface area (TPSA) is 96.0 Å². The number of amides is 3. The minimum absolute atomic E-state index is 0.0953. The Labute approximate surface area is 186 Å². The van der Waals surface area contributed by atoms with Gasteiger partial charge in [0.15, 0.2) is 5.82 Å². The molecule has 2 aromatic rings. The largest absolute Gasteiger partial charge is 0.453 e. The van der Waals surface area contributed by atoms with Gasteiger partial charge in [-0.25, -0.2) is 14.0 Å². The highest BCUT2D eigenvalue weighted by Gasteiger charge is 2.22. The highest BCUT2D eigenvalue weighted by molar-refractivity contribution is 5.99. The third-order valence-corrected chi connectivity index (χ3v) is 5.17. The fraction of sp³-hybridized carbons (Fsp3) is 0.409. The Kier molecular flexibility index (Phi) is 8.34. The third-order valence-electron chi connectivity index (χ3n) is 5.17. The zero-order valence-corrected chi connectivity index (χ0v) is 18.3. The molecule has 0 aliphatic carbocycles. The molecule has 10 heteroatoms. The Morgan fingerprint density at radius 2 is 1.88 bits per heavy atom. The fourth-order valence-electron chi connectivity index (χ4n) is 3.39. The van der Waals surface area contributed by atoms with Gasteiger partial charge in [0.1, 0.15) is 0 Å². The summed E-state index contributed by atoms with van der Waals surface area (Å²) in [6.45, 7) is 3.21. The summed E-state index contributed by atoms with van der Waals surface area (Å²) in [6, 6.07) is 7.88. The summed E-state index contributed by atoms with van der Waals surface area (Å²) < 4.78 is 24.7. The monoisotopic (exact) mass is 445 g/mol. The van der Waals surface area contributed by atoms with Crippen LogP contribution in [0.15, 0.2) is 36.5 Å². The number of piperazine rings is 1. The summed E-state index contributed by atoms with van der Waals surface area (Å²) in [6.07, 6.45) is 1.87. The van der Waals surface area contributed by atoms with E-state index in [1.54, 1.807) is 42.5 Å². The minimum atomic E-state index is -0.556. The summed E-state index contributed by atoms with van der Waals surface area (Å²) in [7, 11) is 2.98. The standard InChI is InChI=1S/C22H28FN5O4/c1-31-13-8-17-6-7-18(14-24-17)25-21(29)26-19-5-3-4-16(20(19)23)15-27-9-11-28(12-10-27)22(30)32-2/h3-7,14H,8-13,15H2,1-2H3,(H2,25,26,29). The van der Waals surface area contributed by atoms with E-state index in [4.69, 9.17) is 9.47 Å². The zero-order chi connectivity index (χ0) is 22.9. The van der Waals surface area contributed by atoms with Gasteiger partial charge in [0.2, 0.25) is 0 Å². The van der Waals surface area contributed by atoms with Gasteiger partial charge in [0.05, 0.1) is 31.3 Å². The number of hydrogen-bond acceptors (Lipinski definition) is 6. The van der Waals surface area contributed by atoms with Crippen molar-refractivity contribution < 1.29 is 23.5 Å². The van der Waals surface area contributed by atoms with Crippen LogP contribution in [-0.4, -0.2) is 73.9 Å². The van der Waals surface area contributed by atoms with E-state index in [1.165, 1.54) is 13.2 Å². The van der Waals surface area contributed by atoms with Crippen molar-refractivity contribution in [3.8, 4) is 0 Å². The molecular formula is C22H28FN5O4. The molecule has 0 radical (unpaired) electrons. The molecule has 1 aromatic carbocycles. The smallest absolute Gasteiger partial charge is 0.409 e. The van der Waals surface area contributed by atoms with Crippen molar-refractivity contribution >= 4 is 23.5 Å². The molecule has 9 nitrogen and oxygen atoms in total. The van der Waals surface area contributed by atoms with E-state index in [1.807, 2.05) is 0 Å². The third kappa shape index (κ3) is 6.38. The molecule has 2 N–H and O–H groups in total. The first-order chi connectivity index (χ1) is 15.5. The van der Waals surface area contributed by atoms with Crippen molar-refractivity contribution in [3.63, 3.8) is 0 Å². The van der Waals surface area contributed by atoms with Gasteiger partial charge in [-0.2, -0.15) is 0 Å². The molecule has 32 heavy (non-hydrogen) atoms. The van der Waals surface area contributed by atoms with Crippen molar-refractivity contribution in [2.75, 3.05) is 57.6 Å². The van der Waals surface area contributed by atoms with E-state index in [9.17, 15) is 14.0 Å². The normalized spacial score (nSPS) is 14.2. The fourth-order valence-corrected chi connectivity index (χ4v) is 3.39. The summed E-state index contributed by atoms with van der Waals surface area (Å²) in [5, 5.41) is 5.21. The minimum Gasteiger partial charge on any atom is -0.453 e. The van der Waals surface area contributed by atoms with Gasteiger partial charge in [-0.1, -0.05) is 12.1 Å². The molecule has 0 spiro atoms. The Bertz CT molecular complexity index is 917. The van der Waals surface area contributed by atoms with Crippen LogP contribution >= 0.6 is 0 Å². The number of methoxy groups -OCH3 is 2. The molecule has 3 amide bonds. The lowest BCUT2D eigenvalue weighted by Crippen LogP contribution is -2.48. The molecular weight excluding hydrogens is 417 g/mol. The SMILES string of the molecule is COCCc1ccc(NC(=O)Nc2cccc(CN3CCN(C(=O)OC)CC3)c2F)cn1. The summed E-state index contributed by atoms with van der Waals surface area (Å²) in [5.74, 6) is -0.480. The number of nitrogens with zero attached hydrogens (tertiary/aromatic N) is 3. The van der Waals surface area contributed by atoms with Crippen LogP contribution < -0.4 is 10.6 Å². The van der Waals surface area contributed by atoms with Crippen molar-refractivity contribution in [1.29, 1.82) is 0 Å². The van der Waals surface area contributed by atoms with Gasteiger partial charge >= 0.3 is 12.1 Å². The predicted molar refractivity (Wildman–Crippen MR) is 118 cm³/mol. The second kappa shape index (κ2) is 11.4. The summed E-state index contributed by atoms with van der Waals surface area (Å²) >= 11 is 0. The van der Waals surface area contributed by atoms with E-state index in [0.717, 1.165) is 5.69 Å². The Balaban J connectivity index is 1.55. The quantitative estimate of drug-likeness (QED) is 0.680. The molecule has 3 rings (SSSR count). The van der Waals surface area contributed by atoms with Crippen molar-refractivity contribution in [2.45, 2.75) is 13.0 Å². The molecule has 1 aliphatic rings. The van der Waals surface area contributed by atoms with Crippen molar-refractivity contribution in [1.82, 2.24) is 14.8 Å². The van der Waals surface area contributed by atoms with Crippen molar-refractivity contribution in [3.05, 3.63) is 53.6 Å². The Morgan fingerprint density at radius 1 is 1.09 bits per heavy atom. The lowest BCUT2D eigenvalue weighted by molar-refractivity contribution is 0.0885. The van der Waals surface area contributed by atoms with E-state index < -0.39 is 11.8 Å². The molecule has 1 fully saturated rings. The van der Waals surface area contributed by atoms with Crippen LogP contribution in [0, 0.1) is 5.82 Å². The molecule has 0 unspecified atom stereocenters. The lowest BCUT2D eigenvalue weighted by Gasteiger charge is -2.33. The molecule has 2 heterocycles. The van der Waals surface area contributed by atoms with Crippen LogP contribution in [0.4, 0.5) is 25.4 Å². The van der Waals surface area contributed by atoms with Gasteiger partial charge in [-0.15, -0.1) is 0 Å². The van der Waals surface area contributed by atoms with Crippen LogP contribution in [0.25, 0.3) is 0 Å². The van der Waals surface area contributed by atoms with Crippen LogP contribution in [0.5, 0.6) is 0 Å². The average molecular weight is 445 g/mol. The lowest BCUT2D eigenvalue weighted by atomic mass is 10.1. The van der Waals surface area contributed by atoms with Crippen LogP contribution in [0.3, 0.4) is 0 Å². The number of ether oxygens (including phenoxy) is 2.